The van der Waals surface area contributed by atoms with Crippen molar-refractivity contribution in [3.8, 4) is 0 Å². The van der Waals surface area contributed by atoms with Crippen LogP contribution >= 0.6 is 11.3 Å². The molecule has 0 aromatic carbocycles. The highest BCUT2D eigenvalue weighted by atomic mass is 32.1. The van der Waals surface area contributed by atoms with Gasteiger partial charge in [0.2, 0.25) is 0 Å². The molecule has 2 rings (SSSR count). The minimum Gasteiger partial charge on any atom is -0.316 e. The maximum Gasteiger partial charge on any atom is 0.0937 e. The molecule has 0 aliphatic heterocycles. The quantitative estimate of drug-likeness (QED) is 0.820. The molecule has 1 aliphatic rings. The molecule has 1 heterocycles. The van der Waals surface area contributed by atoms with Crippen LogP contribution in [0.25, 0.3) is 0 Å². The number of hydrogen-bond donors (Lipinski definition) is 1. The van der Waals surface area contributed by atoms with E-state index in [1.54, 1.807) is 11.3 Å². The third-order valence-corrected chi connectivity index (χ3v) is 5.34. The molecule has 19 heavy (non-hydrogen) atoms. The topological polar surface area (TPSA) is 24.9 Å². The van der Waals surface area contributed by atoms with E-state index in [4.69, 9.17) is 0 Å². The number of aromatic nitrogens is 1. The van der Waals surface area contributed by atoms with E-state index in [0.29, 0.717) is 5.41 Å². The Balaban J connectivity index is 1.58. The van der Waals surface area contributed by atoms with Crippen LogP contribution < -0.4 is 5.32 Å². The maximum absolute atomic E-state index is 4.32. The van der Waals surface area contributed by atoms with Crippen molar-refractivity contribution in [1.29, 1.82) is 0 Å². The Labute approximate surface area is 122 Å². The van der Waals surface area contributed by atoms with Gasteiger partial charge < -0.3 is 5.32 Å². The Bertz CT molecular complexity index is 345. The van der Waals surface area contributed by atoms with E-state index in [0.717, 1.165) is 24.8 Å². The molecule has 1 saturated carbocycles. The molecule has 0 radical (unpaired) electrons. The van der Waals surface area contributed by atoms with Gasteiger partial charge in [-0.15, -0.1) is 11.3 Å². The molecule has 108 valence electrons. The van der Waals surface area contributed by atoms with Crippen LogP contribution in [0.4, 0.5) is 0 Å². The lowest BCUT2D eigenvalue weighted by Gasteiger charge is -2.37. The highest BCUT2D eigenvalue weighted by Crippen LogP contribution is 2.39. The van der Waals surface area contributed by atoms with Crippen LogP contribution in [0, 0.1) is 17.3 Å². The van der Waals surface area contributed by atoms with Gasteiger partial charge in [0, 0.05) is 24.5 Å². The summed E-state index contributed by atoms with van der Waals surface area (Å²) in [5, 5.41) is 6.93. The van der Waals surface area contributed by atoms with Crippen LogP contribution in [-0.2, 0) is 6.42 Å². The summed E-state index contributed by atoms with van der Waals surface area (Å²) in [5.74, 6) is 1.83. The smallest absolute Gasteiger partial charge is 0.0937 e. The first-order valence-corrected chi connectivity index (χ1v) is 8.53. The number of hydrogen-bond acceptors (Lipinski definition) is 3. The molecule has 0 spiro atoms. The molecule has 1 aliphatic carbocycles. The number of nitrogens with one attached hydrogen (secondary N) is 1. The second-order valence-electron chi connectivity index (χ2n) is 6.96. The Kier molecular flexibility index (Phi) is 5.40. The van der Waals surface area contributed by atoms with E-state index >= 15 is 0 Å². The van der Waals surface area contributed by atoms with Crippen molar-refractivity contribution >= 4 is 11.3 Å². The van der Waals surface area contributed by atoms with E-state index in [1.165, 1.54) is 37.2 Å². The fourth-order valence-corrected chi connectivity index (χ4v) is 3.73. The average Bonchev–Trinajstić information content (AvgIpc) is 2.87. The van der Waals surface area contributed by atoms with Gasteiger partial charge in [-0.25, -0.2) is 4.98 Å². The van der Waals surface area contributed by atoms with Gasteiger partial charge in [0.1, 0.15) is 0 Å². The fraction of sp³-hybridized carbons (Fsp3) is 0.812. The van der Waals surface area contributed by atoms with Crippen LogP contribution in [-0.4, -0.2) is 18.1 Å². The summed E-state index contributed by atoms with van der Waals surface area (Å²) in [6.45, 7) is 9.45. The lowest BCUT2D eigenvalue weighted by atomic mass is 9.70. The molecule has 0 amide bonds. The zero-order valence-corrected chi connectivity index (χ0v) is 13.4. The largest absolute Gasteiger partial charge is 0.316 e. The normalized spacial score (nSPS) is 24.6. The predicted octanol–water partition coefficient (Wildman–Crippen LogP) is 4.13. The van der Waals surface area contributed by atoms with Crippen molar-refractivity contribution in [2.24, 2.45) is 17.3 Å². The highest BCUT2D eigenvalue weighted by Gasteiger charge is 2.29. The molecule has 1 N–H and O–H groups in total. The van der Waals surface area contributed by atoms with E-state index in [-0.39, 0.29) is 0 Å². The SMILES string of the molecule is CC(C)(C)C1CCC(CNCCc2nccs2)CC1. The van der Waals surface area contributed by atoms with Crippen LogP contribution in [0.15, 0.2) is 11.6 Å². The van der Waals surface area contributed by atoms with Gasteiger partial charge >= 0.3 is 0 Å². The van der Waals surface area contributed by atoms with Crippen molar-refractivity contribution < 1.29 is 0 Å². The van der Waals surface area contributed by atoms with Gasteiger partial charge in [-0.2, -0.15) is 0 Å². The summed E-state index contributed by atoms with van der Waals surface area (Å²) in [5.41, 5.74) is 0.503. The molecule has 0 atom stereocenters. The summed E-state index contributed by atoms with van der Waals surface area (Å²) in [6, 6.07) is 0. The van der Waals surface area contributed by atoms with E-state index in [9.17, 15) is 0 Å². The maximum atomic E-state index is 4.32. The van der Waals surface area contributed by atoms with Gasteiger partial charge in [0.05, 0.1) is 5.01 Å². The predicted molar refractivity (Wildman–Crippen MR) is 83.6 cm³/mol. The Morgan fingerprint density at radius 2 is 2.00 bits per heavy atom. The summed E-state index contributed by atoms with van der Waals surface area (Å²) in [7, 11) is 0. The van der Waals surface area contributed by atoms with E-state index in [1.807, 2.05) is 6.20 Å². The first-order valence-electron chi connectivity index (χ1n) is 7.65. The highest BCUT2D eigenvalue weighted by molar-refractivity contribution is 7.09. The average molecular weight is 280 g/mol. The summed E-state index contributed by atoms with van der Waals surface area (Å²) >= 11 is 1.76. The fourth-order valence-electron chi connectivity index (χ4n) is 3.11. The number of nitrogens with zero attached hydrogens (tertiary/aromatic N) is 1. The summed E-state index contributed by atoms with van der Waals surface area (Å²) in [6.07, 6.45) is 8.63. The molecule has 1 aromatic heterocycles. The first-order chi connectivity index (χ1) is 9.05. The van der Waals surface area contributed by atoms with E-state index in [2.05, 4.69) is 36.5 Å². The van der Waals surface area contributed by atoms with Crippen molar-refractivity contribution in [3.05, 3.63) is 16.6 Å². The van der Waals surface area contributed by atoms with Gasteiger partial charge in [0.25, 0.3) is 0 Å². The molecule has 0 unspecified atom stereocenters. The molecule has 3 heteroatoms. The van der Waals surface area contributed by atoms with Crippen molar-refractivity contribution in [3.63, 3.8) is 0 Å². The second kappa shape index (κ2) is 6.85. The van der Waals surface area contributed by atoms with Crippen molar-refractivity contribution in [2.45, 2.75) is 52.9 Å². The number of rotatable bonds is 5. The van der Waals surface area contributed by atoms with E-state index < -0.39 is 0 Å². The summed E-state index contributed by atoms with van der Waals surface area (Å²) < 4.78 is 0. The zero-order chi connectivity index (χ0) is 13.7. The van der Waals surface area contributed by atoms with Crippen molar-refractivity contribution in [1.82, 2.24) is 10.3 Å². The third-order valence-electron chi connectivity index (χ3n) is 4.50. The van der Waals surface area contributed by atoms with Crippen molar-refractivity contribution in [2.75, 3.05) is 13.1 Å². The molecule has 0 saturated heterocycles. The Hall–Kier alpha value is -0.410. The minimum atomic E-state index is 0.503. The van der Waals surface area contributed by atoms with Crippen LogP contribution in [0.3, 0.4) is 0 Å². The lowest BCUT2D eigenvalue weighted by Crippen LogP contribution is -2.31. The standard InChI is InChI=1S/C16H28N2S/c1-16(2,3)14-6-4-13(5-7-14)12-17-9-8-15-18-10-11-19-15/h10-11,13-14,17H,4-9,12H2,1-3H3. The van der Waals surface area contributed by atoms with Crippen LogP contribution in [0.1, 0.15) is 51.5 Å². The summed E-state index contributed by atoms with van der Waals surface area (Å²) in [4.78, 5) is 4.32. The van der Waals surface area contributed by atoms with Gasteiger partial charge in [-0.1, -0.05) is 20.8 Å². The van der Waals surface area contributed by atoms with Gasteiger partial charge in [-0.3, -0.25) is 0 Å². The second-order valence-corrected chi connectivity index (χ2v) is 7.94. The molecular formula is C16H28N2S. The third kappa shape index (κ3) is 4.88. The minimum absolute atomic E-state index is 0.503. The number of thiazole rings is 1. The molecule has 0 bridgehead atoms. The lowest BCUT2D eigenvalue weighted by molar-refractivity contribution is 0.149. The molecular weight excluding hydrogens is 252 g/mol. The van der Waals surface area contributed by atoms with Gasteiger partial charge in [-0.05, 0) is 49.5 Å². The zero-order valence-electron chi connectivity index (χ0n) is 12.6. The molecule has 1 aromatic rings. The monoisotopic (exact) mass is 280 g/mol. The Morgan fingerprint density at radius 3 is 2.58 bits per heavy atom. The first kappa shape index (κ1) is 15.0. The molecule has 1 fully saturated rings. The van der Waals surface area contributed by atoms with Crippen LogP contribution in [0.5, 0.6) is 0 Å². The molecule has 2 nitrogen and oxygen atoms in total. The van der Waals surface area contributed by atoms with Gasteiger partial charge in [0.15, 0.2) is 0 Å². The Morgan fingerprint density at radius 1 is 1.26 bits per heavy atom. The van der Waals surface area contributed by atoms with Crippen LogP contribution in [0.2, 0.25) is 0 Å².